The van der Waals surface area contributed by atoms with Crippen LogP contribution < -0.4 is 5.32 Å². The number of aryl methyl sites for hydroxylation is 2. The van der Waals surface area contributed by atoms with E-state index in [1.807, 2.05) is 26.0 Å². The zero-order valence-corrected chi connectivity index (χ0v) is 12.3. The zero-order valence-electron chi connectivity index (χ0n) is 12.3. The standard InChI is InChI=1S/C16H15FN4O/c1-10-7-14-15(8-11(10)2)21(20-19-14)9-16(22)18-13-5-3-12(17)4-6-13/h3-8H,9H2,1-2H3,(H,18,22). The molecule has 0 radical (unpaired) electrons. The third-order valence-corrected chi connectivity index (χ3v) is 3.55. The first-order valence-electron chi connectivity index (χ1n) is 6.89. The minimum absolute atomic E-state index is 0.0520. The minimum Gasteiger partial charge on any atom is -0.324 e. The molecule has 0 saturated heterocycles. The molecule has 6 heteroatoms. The lowest BCUT2D eigenvalue weighted by atomic mass is 10.1. The number of benzene rings is 2. The van der Waals surface area contributed by atoms with Crippen molar-refractivity contribution in [3.8, 4) is 0 Å². The van der Waals surface area contributed by atoms with Gasteiger partial charge in [0.2, 0.25) is 5.91 Å². The first-order valence-corrected chi connectivity index (χ1v) is 6.89. The van der Waals surface area contributed by atoms with Gasteiger partial charge in [0.15, 0.2) is 0 Å². The number of nitrogens with zero attached hydrogens (tertiary/aromatic N) is 3. The maximum Gasteiger partial charge on any atom is 0.246 e. The molecular formula is C16H15FN4O. The van der Waals surface area contributed by atoms with E-state index in [0.717, 1.165) is 22.2 Å². The topological polar surface area (TPSA) is 59.8 Å². The molecular weight excluding hydrogens is 283 g/mol. The molecule has 2 aromatic carbocycles. The van der Waals surface area contributed by atoms with Gasteiger partial charge in [-0.05, 0) is 61.4 Å². The van der Waals surface area contributed by atoms with Crippen LogP contribution in [0.25, 0.3) is 11.0 Å². The third-order valence-electron chi connectivity index (χ3n) is 3.55. The molecule has 0 aliphatic rings. The summed E-state index contributed by atoms with van der Waals surface area (Å²) >= 11 is 0. The highest BCUT2D eigenvalue weighted by molar-refractivity contribution is 5.91. The lowest BCUT2D eigenvalue weighted by Gasteiger charge is -2.06. The molecule has 0 aliphatic heterocycles. The van der Waals surface area contributed by atoms with E-state index in [9.17, 15) is 9.18 Å². The van der Waals surface area contributed by atoms with Crippen molar-refractivity contribution in [3.05, 3.63) is 53.3 Å². The fraction of sp³-hybridized carbons (Fsp3) is 0.188. The number of rotatable bonds is 3. The van der Waals surface area contributed by atoms with Gasteiger partial charge >= 0.3 is 0 Å². The van der Waals surface area contributed by atoms with E-state index in [-0.39, 0.29) is 18.3 Å². The highest BCUT2D eigenvalue weighted by Gasteiger charge is 2.10. The van der Waals surface area contributed by atoms with Crippen molar-refractivity contribution in [1.82, 2.24) is 15.0 Å². The highest BCUT2D eigenvalue weighted by Crippen LogP contribution is 2.17. The van der Waals surface area contributed by atoms with Crippen LogP contribution in [-0.4, -0.2) is 20.9 Å². The summed E-state index contributed by atoms with van der Waals surface area (Å²) in [5, 5.41) is 10.8. The normalized spacial score (nSPS) is 10.9. The number of aromatic nitrogens is 3. The van der Waals surface area contributed by atoms with E-state index in [1.165, 1.54) is 24.3 Å². The second-order valence-electron chi connectivity index (χ2n) is 5.23. The Balaban J connectivity index is 1.79. The molecule has 22 heavy (non-hydrogen) atoms. The van der Waals surface area contributed by atoms with Gasteiger partial charge in [0.25, 0.3) is 0 Å². The molecule has 112 valence electrons. The average molecular weight is 298 g/mol. The van der Waals surface area contributed by atoms with Crippen LogP contribution in [0, 0.1) is 19.7 Å². The van der Waals surface area contributed by atoms with Crippen LogP contribution in [0.2, 0.25) is 0 Å². The third kappa shape index (κ3) is 2.81. The number of carbonyl (C=O) groups excluding carboxylic acids is 1. The van der Waals surface area contributed by atoms with Crippen molar-refractivity contribution < 1.29 is 9.18 Å². The Morgan fingerprint density at radius 1 is 1.18 bits per heavy atom. The molecule has 0 saturated carbocycles. The lowest BCUT2D eigenvalue weighted by molar-refractivity contribution is -0.116. The number of carbonyl (C=O) groups is 1. The smallest absolute Gasteiger partial charge is 0.246 e. The average Bonchev–Trinajstić information content (AvgIpc) is 2.84. The van der Waals surface area contributed by atoms with Gasteiger partial charge in [0.1, 0.15) is 17.9 Å². The summed E-state index contributed by atoms with van der Waals surface area (Å²) in [5.74, 6) is -0.581. The van der Waals surface area contributed by atoms with Gasteiger partial charge in [-0.25, -0.2) is 9.07 Å². The van der Waals surface area contributed by atoms with E-state index in [2.05, 4.69) is 15.6 Å². The van der Waals surface area contributed by atoms with Crippen LogP contribution in [0.1, 0.15) is 11.1 Å². The molecule has 1 amide bonds. The molecule has 0 aliphatic carbocycles. The van der Waals surface area contributed by atoms with Crippen LogP contribution in [-0.2, 0) is 11.3 Å². The molecule has 5 nitrogen and oxygen atoms in total. The fourth-order valence-electron chi connectivity index (χ4n) is 2.21. The molecule has 1 aromatic heterocycles. The summed E-state index contributed by atoms with van der Waals surface area (Å²) in [6, 6.07) is 9.54. The molecule has 1 N–H and O–H groups in total. The summed E-state index contributed by atoms with van der Waals surface area (Å²) in [7, 11) is 0. The number of anilines is 1. The minimum atomic E-state index is -0.342. The monoisotopic (exact) mass is 298 g/mol. The van der Waals surface area contributed by atoms with E-state index in [0.29, 0.717) is 5.69 Å². The number of hydrogen-bond acceptors (Lipinski definition) is 3. The van der Waals surface area contributed by atoms with Gasteiger partial charge < -0.3 is 5.32 Å². The van der Waals surface area contributed by atoms with Gasteiger partial charge in [-0.3, -0.25) is 4.79 Å². The van der Waals surface area contributed by atoms with Crippen LogP contribution in [0.3, 0.4) is 0 Å². The van der Waals surface area contributed by atoms with Crippen molar-refractivity contribution in [2.45, 2.75) is 20.4 Å². The van der Waals surface area contributed by atoms with Gasteiger partial charge in [0.05, 0.1) is 5.52 Å². The van der Waals surface area contributed by atoms with Gasteiger partial charge in [-0.2, -0.15) is 0 Å². The summed E-state index contributed by atoms with van der Waals surface area (Å²) < 4.78 is 14.4. The fourth-order valence-corrected chi connectivity index (χ4v) is 2.21. The van der Waals surface area contributed by atoms with E-state index in [1.54, 1.807) is 4.68 Å². The van der Waals surface area contributed by atoms with Crippen LogP contribution in [0.5, 0.6) is 0 Å². The number of halogens is 1. The second-order valence-corrected chi connectivity index (χ2v) is 5.23. The van der Waals surface area contributed by atoms with Crippen molar-refractivity contribution in [1.29, 1.82) is 0 Å². The first kappa shape index (κ1) is 14.2. The first-order chi connectivity index (χ1) is 10.5. The molecule has 3 aromatic rings. The molecule has 0 fully saturated rings. The Labute approximate surface area is 126 Å². The van der Waals surface area contributed by atoms with Crippen molar-refractivity contribution in [2.24, 2.45) is 0 Å². The van der Waals surface area contributed by atoms with Gasteiger partial charge in [-0.1, -0.05) is 5.21 Å². The van der Waals surface area contributed by atoms with Crippen molar-refractivity contribution in [3.63, 3.8) is 0 Å². The number of hydrogen-bond donors (Lipinski definition) is 1. The van der Waals surface area contributed by atoms with Gasteiger partial charge in [-0.15, -0.1) is 5.10 Å². The summed E-state index contributed by atoms with van der Waals surface area (Å²) in [6.07, 6.45) is 0. The Kier molecular flexibility index (Phi) is 3.58. The molecule has 0 atom stereocenters. The maximum atomic E-state index is 12.8. The van der Waals surface area contributed by atoms with Crippen LogP contribution in [0.15, 0.2) is 36.4 Å². The SMILES string of the molecule is Cc1cc2nnn(CC(=O)Nc3ccc(F)cc3)c2cc1C. The number of nitrogens with one attached hydrogen (secondary N) is 1. The Morgan fingerprint density at radius 3 is 2.59 bits per heavy atom. The molecule has 0 unspecified atom stereocenters. The van der Waals surface area contributed by atoms with Crippen LogP contribution in [0.4, 0.5) is 10.1 Å². The lowest BCUT2D eigenvalue weighted by Crippen LogP contribution is -2.19. The summed E-state index contributed by atoms with van der Waals surface area (Å²) in [4.78, 5) is 12.1. The van der Waals surface area contributed by atoms with E-state index < -0.39 is 0 Å². The highest BCUT2D eigenvalue weighted by atomic mass is 19.1. The van der Waals surface area contributed by atoms with Crippen LogP contribution >= 0.6 is 0 Å². The Hall–Kier alpha value is -2.76. The molecule has 0 spiro atoms. The summed E-state index contributed by atoms with van der Waals surface area (Å²) in [6.45, 7) is 4.07. The van der Waals surface area contributed by atoms with Crippen molar-refractivity contribution >= 4 is 22.6 Å². The Bertz CT molecular complexity index is 839. The number of amides is 1. The summed E-state index contributed by atoms with van der Waals surface area (Å²) in [5.41, 5.74) is 4.38. The van der Waals surface area contributed by atoms with E-state index >= 15 is 0 Å². The maximum absolute atomic E-state index is 12.8. The molecule has 0 bridgehead atoms. The number of fused-ring (bicyclic) bond motifs is 1. The predicted molar refractivity (Wildman–Crippen MR) is 82.0 cm³/mol. The van der Waals surface area contributed by atoms with Gasteiger partial charge in [0, 0.05) is 5.69 Å². The second kappa shape index (κ2) is 5.55. The Morgan fingerprint density at radius 2 is 1.86 bits per heavy atom. The zero-order chi connectivity index (χ0) is 15.7. The van der Waals surface area contributed by atoms with E-state index in [4.69, 9.17) is 0 Å². The quantitative estimate of drug-likeness (QED) is 0.809. The predicted octanol–water partition coefficient (Wildman–Crippen LogP) is 2.83. The van der Waals surface area contributed by atoms with Crippen molar-refractivity contribution in [2.75, 3.05) is 5.32 Å². The molecule has 1 heterocycles. The largest absolute Gasteiger partial charge is 0.324 e. The molecule has 3 rings (SSSR count).